The molecule has 0 fully saturated rings. The van der Waals surface area contributed by atoms with E-state index in [0.717, 1.165) is 31.8 Å². The van der Waals surface area contributed by atoms with Gasteiger partial charge in [0.25, 0.3) is 0 Å². The summed E-state index contributed by atoms with van der Waals surface area (Å²) in [5.41, 5.74) is 6.61. The third-order valence-electron chi connectivity index (χ3n) is 6.94. The van der Waals surface area contributed by atoms with Gasteiger partial charge in [0.2, 0.25) is 0 Å². The molecule has 2 heterocycles. The Bertz CT molecular complexity index is 1180. The predicted molar refractivity (Wildman–Crippen MR) is 138 cm³/mol. The van der Waals surface area contributed by atoms with Crippen LogP contribution >= 0.6 is 11.8 Å². The number of hydrogen-bond acceptors (Lipinski definition) is 3. The first kappa shape index (κ1) is 22.1. The quantitative estimate of drug-likeness (QED) is 0.501. The van der Waals surface area contributed by atoms with Crippen molar-refractivity contribution in [3.63, 3.8) is 0 Å². The molecule has 2 amide bonds. The van der Waals surface area contributed by atoms with E-state index in [1.807, 2.05) is 30.5 Å². The monoisotopic (exact) mass is 460 g/mol. The molecule has 2 atom stereocenters. The van der Waals surface area contributed by atoms with Crippen molar-refractivity contribution in [3.8, 4) is 0 Å². The Balaban J connectivity index is 1.47. The first-order valence-corrected chi connectivity index (χ1v) is 12.9. The number of aromatic amines is 1. The molecule has 33 heavy (non-hydrogen) atoms. The van der Waals surface area contributed by atoms with Crippen molar-refractivity contribution in [3.05, 3.63) is 71.3 Å². The third kappa shape index (κ3) is 4.18. The lowest BCUT2D eigenvalue weighted by atomic mass is 9.81. The largest absolute Gasteiger partial charge is 0.349 e. The van der Waals surface area contributed by atoms with E-state index in [1.165, 1.54) is 38.2 Å². The van der Waals surface area contributed by atoms with Crippen molar-refractivity contribution in [2.45, 2.75) is 43.1 Å². The summed E-state index contributed by atoms with van der Waals surface area (Å²) < 4.78 is 0. The average molecular weight is 461 g/mol. The first-order chi connectivity index (χ1) is 16.1. The van der Waals surface area contributed by atoms with E-state index in [9.17, 15) is 4.79 Å². The van der Waals surface area contributed by atoms with Crippen LogP contribution in [0.3, 0.4) is 0 Å². The number of H-pyrrole nitrogens is 1. The molecule has 0 spiro atoms. The predicted octanol–water partition coefficient (Wildman–Crippen LogP) is 5.13. The molecule has 6 heteroatoms. The third-order valence-corrected chi connectivity index (χ3v) is 8.05. The van der Waals surface area contributed by atoms with Crippen molar-refractivity contribution in [1.82, 2.24) is 20.1 Å². The lowest BCUT2D eigenvalue weighted by Gasteiger charge is -2.40. The summed E-state index contributed by atoms with van der Waals surface area (Å²) in [5.74, 6) is 0.957. The number of benzene rings is 2. The van der Waals surface area contributed by atoms with E-state index in [4.69, 9.17) is 0 Å². The molecule has 0 saturated carbocycles. The number of amides is 2. The van der Waals surface area contributed by atoms with E-state index in [0.29, 0.717) is 6.04 Å². The van der Waals surface area contributed by atoms with Gasteiger partial charge in [-0.25, -0.2) is 4.79 Å². The Kier molecular flexibility index (Phi) is 6.21. The summed E-state index contributed by atoms with van der Waals surface area (Å²) in [7, 11) is 2.18. The van der Waals surface area contributed by atoms with E-state index in [2.05, 4.69) is 76.9 Å². The fourth-order valence-corrected chi connectivity index (χ4v) is 6.26. The smallest absolute Gasteiger partial charge is 0.317 e. The summed E-state index contributed by atoms with van der Waals surface area (Å²) in [4.78, 5) is 20.6. The molecule has 3 aromatic rings. The summed E-state index contributed by atoms with van der Waals surface area (Å²) >= 11 is 1.89. The minimum atomic E-state index is 0.0111. The maximum Gasteiger partial charge on any atom is 0.317 e. The van der Waals surface area contributed by atoms with Crippen molar-refractivity contribution >= 4 is 34.3 Å². The highest BCUT2D eigenvalue weighted by Gasteiger charge is 2.35. The van der Waals surface area contributed by atoms with Crippen molar-refractivity contribution in [1.29, 1.82) is 0 Å². The van der Waals surface area contributed by atoms with Crippen molar-refractivity contribution in [2.24, 2.45) is 0 Å². The zero-order chi connectivity index (χ0) is 22.9. The molecular weight excluding hydrogens is 428 g/mol. The Hall–Kier alpha value is -2.70. The lowest BCUT2D eigenvalue weighted by molar-refractivity contribution is 0.193. The number of carbonyl (C=O) groups excluding carboxylic acids is 1. The lowest BCUT2D eigenvalue weighted by Crippen LogP contribution is -2.52. The molecule has 5 rings (SSSR count). The molecule has 172 valence electrons. The Labute approximate surface area is 200 Å². The first-order valence-electron chi connectivity index (χ1n) is 11.9. The minimum absolute atomic E-state index is 0.0111. The highest BCUT2D eigenvalue weighted by molar-refractivity contribution is 7.98. The number of nitrogens with zero attached hydrogens (tertiary/aromatic N) is 2. The number of rotatable bonds is 6. The van der Waals surface area contributed by atoms with E-state index >= 15 is 0 Å². The van der Waals surface area contributed by atoms with Gasteiger partial charge in [-0.2, -0.15) is 0 Å². The number of carbonyl (C=O) groups is 1. The molecule has 0 radical (unpaired) electrons. The molecule has 1 aliphatic heterocycles. The van der Waals surface area contributed by atoms with Crippen LogP contribution in [0, 0.1) is 0 Å². The zero-order valence-corrected chi connectivity index (χ0v) is 20.4. The number of fused-ring (bicyclic) bond motifs is 2. The van der Waals surface area contributed by atoms with E-state index in [-0.39, 0.29) is 12.1 Å². The van der Waals surface area contributed by atoms with Gasteiger partial charge in [0.1, 0.15) is 0 Å². The second-order valence-corrected chi connectivity index (χ2v) is 9.93. The summed E-state index contributed by atoms with van der Waals surface area (Å²) in [5, 5.41) is 5.87. The fraction of sp³-hybridized carbons (Fsp3) is 0.370. The maximum atomic E-state index is 12.7. The van der Waals surface area contributed by atoms with Gasteiger partial charge >= 0.3 is 6.03 Å². The summed E-state index contributed by atoms with van der Waals surface area (Å²) in [6.07, 6.45) is 3.29. The molecule has 2 N–H and O–H groups in total. The second-order valence-electron chi connectivity index (χ2n) is 8.94. The molecule has 5 nitrogen and oxygen atoms in total. The standard InChI is InChI=1S/C27H32N4OS/c1-4-31(5-2)27(32)28-19-14-21-20-12-9-13-23-25(20)22(15-24(21)30(3)16-19)26(29-23)33-17-18-10-7-6-8-11-18/h6-14,19,24,29H,4-5,15-17H2,1-3H3,(H,28,32)/t19-,24+/m0/s1. The minimum Gasteiger partial charge on any atom is -0.349 e. The topological polar surface area (TPSA) is 51.4 Å². The normalized spacial score (nSPS) is 19.8. The van der Waals surface area contributed by atoms with Gasteiger partial charge in [0.15, 0.2) is 0 Å². The van der Waals surface area contributed by atoms with Crippen LogP contribution in [0.4, 0.5) is 4.79 Å². The summed E-state index contributed by atoms with van der Waals surface area (Å²) in [6.45, 7) is 6.31. The Morgan fingerprint density at radius 1 is 1.15 bits per heavy atom. The molecule has 1 aliphatic carbocycles. The van der Waals surface area contributed by atoms with Crippen LogP contribution in [-0.4, -0.2) is 59.6 Å². The highest BCUT2D eigenvalue weighted by Crippen LogP contribution is 2.44. The van der Waals surface area contributed by atoms with Gasteiger partial charge < -0.3 is 15.2 Å². The number of hydrogen-bond donors (Lipinski definition) is 2. The van der Waals surface area contributed by atoms with Gasteiger partial charge in [-0.15, -0.1) is 11.8 Å². The van der Waals surface area contributed by atoms with Crippen LogP contribution in [-0.2, 0) is 12.2 Å². The fourth-order valence-electron chi connectivity index (χ4n) is 5.21. The van der Waals surface area contributed by atoms with Crippen LogP contribution in [0.15, 0.2) is 59.6 Å². The van der Waals surface area contributed by atoms with Gasteiger partial charge in [-0.1, -0.05) is 48.5 Å². The Morgan fingerprint density at radius 3 is 2.70 bits per heavy atom. The van der Waals surface area contributed by atoms with E-state index in [1.54, 1.807) is 0 Å². The van der Waals surface area contributed by atoms with Crippen LogP contribution < -0.4 is 5.32 Å². The number of thioether (sulfide) groups is 1. The van der Waals surface area contributed by atoms with Crippen LogP contribution in [0.25, 0.3) is 16.5 Å². The van der Waals surface area contributed by atoms with Crippen molar-refractivity contribution < 1.29 is 4.79 Å². The second kappa shape index (κ2) is 9.27. The SMILES string of the molecule is CCN(CC)C(=O)N[C@H]1C=C2c3cccc4[nH]c(SCc5ccccc5)c(c34)C[C@H]2N(C)C1. The van der Waals surface area contributed by atoms with Gasteiger partial charge in [0, 0.05) is 42.3 Å². The molecule has 2 aromatic carbocycles. The number of nitrogens with one attached hydrogen (secondary N) is 2. The maximum absolute atomic E-state index is 12.7. The summed E-state index contributed by atoms with van der Waals surface area (Å²) in [6, 6.07) is 17.6. The highest BCUT2D eigenvalue weighted by atomic mass is 32.2. The van der Waals surface area contributed by atoms with Crippen LogP contribution in [0.2, 0.25) is 0 Å². The number of likely N-dealkylation sites (N-methyl/N-ethyl adjacent to an activating group) is 1. The Morgan fingerprint density at radius 2 is 1.94 bits per heavy atom. The number of aromatic nitrogens is 1. The van der Waals surface area contributed by atoms with Gasteiger partial charge in [0.05, 0.1) is 11.1 Å². The molecular formula is C27H32N4OS. The molecule has 0 bridgehead atoms. The van der Waals surface area contributed by atoms with Crippen molar-refractivity contribution in [2.75, 3.05) is 26.7 Å². The van der Waals surface area contributed by atoms with Gasteiger partial charge in [-0.05, 0) is 55.6 Å². The molecule has 2 aliphatic rings. The van der Waals surface area contributed by atoms with E-state index < -0.39 is 0 Å². The number of urea groups is 1. The molecule has 0 saturated heterocycles. The molecule has 1 aromatic heterocycles. The van der Waals surface area contributed by atoms with Gasteiger partial charge in [-0.3, -0.25) is 4.90 Å². The van der Waals surface area contributed by atoms with Crippen LogP contribution in [0.5, 0.6) is 0 Å². The molecule has 0 unspecified atom stereocenters. The zero-order valence-electron chi connectivity index (χ0n) is 19.6. The van der Waals surface area contributed by atoms with Crippen LogP contribution in [0.1, 0.15) is 30.5 Å². The average Bonchev–Trinajstić information content (AvgIpc) is 3.18.